The molecule has 0 bridgehead atoms. The van der Waals surface area contributed by atoms with Gasteiger partial charge in [0.2, 0.25) is 5.91 Å². The largest absolute Gasteiger partial charge is 0.360 e. The van der Waals surface area contributed by atoms with Gasteiger partial charge in [-0.1, -0.05) is 6.07 Å². The number of hydrogen-bond donors (Lipinski definition) is 3. The molecule has 0 aliphatic carbocycles. The van der Waals surface area contributed by atoms with Crippen LogP contribution in [-0.2, 0) is 16.1 Å². The molecule has 0 saturated heterocycles. The molecular formula is C21H25FN6O3S. The van der Waals surface area contributed by atoms with E-state index in [0.29, 0.717) is 11.4 Å². The first-order chi connectivity index (χ1) is 15.3. The van der Waals surface area contributed by atoms with Crippen LogP contribution < -0.4 is 30.7 Å². The summed E-state index contributed by atoms with van der Waals surface area (Å²) in [7, 11) is 3.59. The Morgan fingerprint density at radius 1 is 1.31 bits per heavy atom. The number of nitrogens with one attached hydrogen (secondary N) is 3. The van der Waals surface area contributed by atoms with Gasteiger partial charge < -0.3 is 20.9 Å². The van der Waals surface area contributed by atoms with Crippen molar-refractivity contribution in [3.05, 3.63) is 43.8 Å². The van der Waals surface area contributed by atoms with E-state index in [0.717, 1.165) is 11.3 Å². The van der Waals surface area contributed by atoms with E-state index in [4.69, 9.17) is 0 Å². The van der Waals surface area contributed by atoms with Gasteiger partial charge in [-0.15, -0.1) is 11.3 Å². The predicted molar refractivity (Wildman–Crippen MR) is 123 cm³/mol. The average Bonchev–Trinajstić information content (AvgIpc) is 3.06. The van der Waals surface area contributed by atoms with Gasteiger partial charge in [-0.3, -0.25) is 19.0 Å². The normalized spacial score (nSPS) is 12.3. The lowest BCUT2D eigenvalue weighted by Gasteiger charge is -2.10. The first-order valence-electron chi connectivity index (χ1n) is 9.80. The number of hydrogen-bond acceptors (Lipinski definition) is 7. The molecule has 11 heteroatoms. The molecular weight excluding hydrogens is 435 g/mol. The van der Waals surface area contributed by atoms with E-state index in [-0.39, 0.29) is 45.9 Å². The van der Waals surface area contributed by atoms with Crippen molar-refractivity contribution in [1.29, 1.82) is 5.26 Å². The predicted octanol–water partition coefficient (Wildman–Crippen LogP) is 0.0399. The molecule has 2 aromatic rings. The number of nitriles is 1. The molecule has 0 fully saturated rings. The summed E-state index contributed by atoms with van der Waals surface area (Å²) in [6.45, 7) is 1.26. The van der Waals surface area contributed by atoms with Crippen molar-refractivity contribution in [3.63, 3.8) is 0 Å². The standard InChI is InChI=1S/C21H25FN6O3S/c1-4-28-20(31)17(32-21(28)16(11-23)19(30)24-9-8-22)12-25-14-6-5-7-15(10-14)26-18(29)13-27(2)3/h5-7,10,12,25H,4,8-9,13H2,1-3H3,(H,24,30)(H,26,29). The quantitative estimate of drug-likeness (QED) is 0.486. The first-order valence-corrected chi connectivity index (χ1v) is 10.6. The zero-order valence-corrected chi connectivity index (χ0v) is 18.9. The molecule has 2 rings (SSSR count). The second-order valence-corrected chi connectivity index (χ2v) is 7.94. The van der Waals surface area contributed by atoms with Gasteiger partial charge in [0.1, 0.15) is 21.9 Å². The molecule has 0 saturated carbocycles. The summed E-state index contributed by atoms with van der Waals surface area (Å²) in [5.74, 6) is -0.884. The summed E-state index contributed by atoms with van der Waals surface area (Å²) in [4.78, 5) is 38.6. The van der Waals surface area contributed by atoms with Crippen LogP contribution in [0, 0.1) is 11.3 Å². The van der Waals surface area contributed by atoms with Gasteiger partial charge in [0.05, 0.1) is 6.54 Å². The lowest BCUT2D eigenvalue weighted by atomic mass is 10.2. The van der Waals surface area contributed by atoms with E-state index in [9.17, 15) is 24.0 Å². The van der Waals surface area contributed by atoms with Crippen LogP contribution in [0.5, 0.6) is 0 Å². The highest BCUT2D eigenvalue weighted by Gasteiger charge is 2.15. The Labute approximate surface area is 188 Å². The van der Waals surface area contributed by atoms with Crippen LogP contribution in [0.25, 0.3) is 11.8 Å². The number of amides is 2. The molecule has 0 spiro atoms. The molecule has 1 heterocycles. The third-order valence-corrected chi connectivity index (χ3v) is 5.26. The maximum Gasteiger partial charge on any atom is 0.270 e. The van der Waals surface area contributed by atoms with E-state index < -0.39 is 12.6 Å². The monoisotopic (exact) mass is 460 g/mol. The number of nitrogens with zero attached hydrogens (tertiary/aromatic N) is 3. The van der Waals surface area contributed by atoms with Gasteiger partial charge in [0.25, 0.3) is 11.5 Å². The van der Waals surface area contributed by atoms with Crippen LogP contribution in [0.1, 0.15) is 6.92 Å². The Kier molecular flexibility index (Phi) is 9.12. The van der Waals surface area contributed by atoms with Gasteiger partial charge in [-0.05, 0) is 39.2 Å². The Morgan fingerprint density at radius 2 is 2.03 bits per heavy atom. The Bertz CT molecular complexity index is 1200. The summed E-state index contributed by atoms with van der Waals surface area (Å²) in [5, 5.41) is 17.5. The number of rotatable bonds is 9. The first kappa shape index (κ1) is 24.8. The number of anilines is 2. The van der Waals surface area contributed by atoms with E-state index in [1.165, 1.54) is 10.8 Å². The number of carbonyl (C=O) groups excluding carboxylic acids is 2. The highest BCUT2D eigenvalue weighted by Crippen LogP contribution is 2.15. The topological polar surface area (TPSA) is 119 Å². The van der Waals surface area contributed by atoms with Gasteiger partial charge in [-0.25, -0.2) is 4.39 Å². The molecule has 1 aromatic carbocycles. The zero-order chi connectivity index (χ0) is 23.7. The molecule has 0 unspecified atom stereocenters. The van der Waals surface area contributed by atoms with Crippen LogP contribution in [0.2, 0.25) is 0 Å². The fourth-order valence-electron chi connectivity index (χ4n) is 2.76. The molecule has 3 N–H and O–H groups in total. The number of benzene rings is 1. The minimum atomic E-state index is -0.757. The van der Waals surface area contributed by atoms with Crippen molar-refractivity contribution in [2.24, 2.45) is 0 Å². The molecule has 9 nitrogen and oxygen atoms in total. The average molecular weight is 461 g/mol. The second kappa shape index (κ2) is 11.8. The summed E-state index contributed by atoms with van der Waals surface area (Å²) < 4.78 is 14.2. The van der Waals surface area contributed by atoms with Crippen LogP contribution in [0.15, 0.2) is 29.1 Å². The molecule has 0 aliphatic heterocycles. The summed E-state index contributed by atoms with van der Waals surface area (Å²) in [6.07, 6.45) is 1.48. The summed E-state index contributed by atoms with van der Waals surface area (Å²) in [6, 6.07) is 8.79. The lowest BCUT2D eigenvalue weighted by molar-refractivity contribution is -0.117. The second-order valence-electron chi connectivity index (χ2n) is 6.91. The molecule has 0 atom stereocenters. The third-order valence-electron chi connectivity index (χ3n) is 4.13. The molecule has 170 valence electrons. The summed E-state index contributed by atoms with van der Waals surface area (Å²) in [5.41, 5.74) is 0.627. The van der Waals surface area contributed by atoms with Crippen LogP contribution in [0.3, 0.4) is 0 Å². The maximum absolute atomic E-state index is 12.7. The highest BCUT2D eigenvalue weighted by atomic mass is 32.1. The van der Waals surface area contributed by atoms with Gasteiger partial charge >= 0.3 is 0 Å². The van der Waals surface area contributed by atoms with Crippen LogP contribution in [0.4, 0.5) is 15.8 Å². The van der Waals surface area contributed by atoms with Crippen molar-refractivity contribution >= 4 is 46.3 Å². The van der Waals surface area contributed by atoms with Crippen molar-refractivity contribution < 1.29 is 14.0 Å². The molecule has 32 heavy (non-hydrogen) atoms. The Balaban J connectivity index is 2.37. The minimum absolute atomic E-state index is 0.157. The van der Waals surface area contributed by atoms with Crippen molar-refractivity contribution in [2.45, 2.75) is 13.5 Å². The third kappa shape index (κ3) is 6.50. The SMILES string of the molecule is CCn1c(=C(C#N)C(=O)NCCF)sc(=CNc2cccc(NC(=O)CN(C)C)c2)c1=O. The smallest absolute Gasteiger partial charge is 0.270 e. The fourth-order valence-corrected chi connectivity index (χ4v) is 3.85. The van der Waals surface area contributed by atoms with Gasteiger partial charge in [-0.2, -0.15) is 5.26 Å². The Morgan fingerprint density at radius 3 is 2.66 bits per heavy atom. The number of thiazole rings is 1. The maximum atomic E-state index is 12.7. The van der Waals surface area contributed by atoms with Crippen molar-refractivity contribution in [2.75, 3.05) is 44.5 Å². The molecule has 1 aromatic heterocycles. The van der Waals surface area contributed by atoms with E-state index >= 15 is 0 Å². The number of likely N-dealkylation sites (N-methyl/N-ethyl adjacent to an activating group) is 1. The minimum Gasteiger partial charge on any atom is -0.360 e. The van der Waals surface area contributed by atoms with Crippen molar-refractivity contribution in [3.8, 4) is 6.07 Å². The summed E-state index contributed by atoms with van der Waals surface area (Å²) >= 11 is 0.989. The molecule has 0 aliphatic rings. The molecule has 2 amide bonds. The zero-order valence-electron chi connectivity index (χ0n) is 18.1. The number of aromatic nitrogens is 1. The van der Waals surface area contributed by atoms with Gasteiger partial charge in [0.15, 0.2) is 5.57 Å². The number of carbonyl (C=O) groups is 2. The number of halogens is 1. The van der Waals surface area contributed by atoms with E-state index in [1.54, 1.807) is 50.2 Å². The highest BCUT2D eigenvalue weighted by molar-refractivity contribution is 7.07. The van der Waals surface area contributed by atoms with Crippen molar-refractivity contribution in [1.82, 2.24) is 14.8 Å². The number of alkyl halides is 1. The van der Waals surface area contributed by atoms with Crippen LogP contribution >= 0.6 is 11.3 Å². The lowest BCUT2D eigenvalue weighted by Crippen LogP contribution is -2.35. The van der Waals surface area contributed by atoms with Gasteiger partial charge in [0, 0.05) is 30.7 Å². The van der Waals surface area contributed by atoms with E-state index in [1.807, 2.05) is 6.07 Å². The van der Waals surface area contributed by atoms with Crippen LogP contribution in [-0.4, -0.2) is 55.1 Å². The van der Waals surface area contributed by atoms with E-state index in [2.05, 4.69) is 16.0 Å². The Hall–Kier alpha value is -3.49. The fraction of sp³-hybridized carbons (Fsp3) is 0.333. The molecule has 0 radical (unpaired) electrons.